The van der Waals surface area contributed by atoms with Crippen LogP contribution in [0.3, 0.4) is 0 Å². The van der Waals surface area contributed by atoms with Crippen LogP contribution in [0.1, 0.15) is 71.8 Å². The monoisotopic (exact) mass is 583 g/mol. The van der Waals surface area contributed by atoms with Gasteiger partial charge in [0.15, 0.2) is 0 Å². The topological polar surface area (TPSA) is 61.6 Å². The first-order valence-corrected chi connectivity index (χ1v) is 13.8. The molecule has 0 aliphatic heterocycles. The third-order valence-electron chi connectivity index (χ3n) is 7.45. The molecular weight excluding hydrogens is 557 g/mol. The molecule has 0 spiro atoms. The van der Waals surface area contributed by atoms with E-state index in [9.17, 15) is 4.79 Å². The fraction of sp³-hybridized carbons (Fsp3) is 0.290. The number of ether oxygens (including phenoxy) is 2. The van der Waals surface area contributed by atoms with Gasteiger partial charge >= 0.3 is 5.97 Å². The third kappa shape index (κ3) is 5.28. The summed E-state index contributed by atoms with van der Waals surface area (Å²) in [5, 5.41) is 5.93. The summed E-state index contributed by atoms with van der Waals surface area (Å²) in [5.41, 5.74) is 4.66. The number of aromatic nitrogens is 1. The first-order chi connectivity index (χ1) is 18.6. The summed E-state index contributed by atoms with van der Waals surface area (Å²) in [4.78, 5) is 11.8. The van der Waals surface area contributed by atoms with E-state index in [2.05, 4.69) is 12.1 Å². The van der Waals surface area contributed by atoms with Gasteiger partial charge in [-0.05, 0) is 59.9 Å². The fourth-order valence-corrected chi connectivity index (χ4v) is 6.12. The van der Waals surface area contributed by atoms with Gasteiger partial charge in [-0.2, -0.15) is 0 Å². The van der Waals surface area contributed by atoms with Crippen LogP contribution >= 0.6 is 34.8 Å². The Morgan fingerprint density at radius 3 is 2.36 bits per heavy atom. The number of rotatable bonds is 8. The molecule has 4 aromatic rings. The molecule has 1 aromatic heterocycles. The van der Waals surface area contributed by atoms with E-state index < -0.39 is 0 Å². The average molecular weight is 585 g/mol. The van der Waals surface area contributed by atoms with Gasteiger partial charge in [-0.1, -0.05) is 85.0 Å². The molecule has 5 rings (SSSR count). The summed E-state index contributed by atoms with van der Waals surface area (Å²) in [6.45, 7) is 6.49. The minimum atomic E-state index is -0.340. The average Bonchev–Trinajstić information content (AvgIpc) is 3.42. The van der Waals surface area contributed by atoms with Gasteiger partial charge in [-0.3, -0.25) is 0 Å². The number of carbonyl (C=O) groups excluding carboxylic acids is 1. The van der Waals surface area contributed by atoms with Crippen molar-refractivity contribution in [2.75, 3.05) is 7.11 Å². The van der Waals surface area contributed by atoms with E-state index in [1.54, 1.807) is 30.3 Å². The van der Waals surface area contributed by atoms with Crippen molar-refractivity contribution in [3.8, 4) is 17.0 Å². The summed E-state index contributed by atoms with van der Waals surface area (Å²) < 4.78 is 16.7. The molecule has 1 aliphatic rings. The van der Waals surface area contributed by atoms with Crippen molar-refractivity contribution < 1.29 is 18.8 Å². The largest absolute Gasteiger partial charge is 0.489 e. The maximum Gasteiger partial charge on any atom is 0.337 e. The predicted molar refractivity (Wildman–Crippen MR) is 154 cm³/mol. The van der Waals surface area contributed by atoms with Crippen LogP contribution in [-0.2, 0) is 16.8 Å². The molecule has 0 N–H and O–H groups in total. The zero-order valence-electron chi connectivity index (χ0n) is 22.1. The molecule has 39 heavy (non-hydrogen) atoms. The Balaban J connectivity index is 1.35. The number of hydrogen-bond donors (Lipinski definition) is 0. The summed E-state index contributed by atoms with van der Waals surface area (Å²) >= 11 is 19.7. The van der Waals surface area contributed by atoms with E-state index >= 15 is 0 Å². The number of hydrogen-bond acceptors (Lipinski definition) is 5. The SMILES string of the molecule is COC(=O)c1ccc(C2CC2(C)c2ccc(OCc3c(-c4c(Cl)cccc4Cl)noc3C(C)C)cc2Cl)cc1. The summed E-state index contributed by atoms with van der Waals surface area (Å²) in [5.74, 6) is 1.41. The normalized spacial score (nSPS) is 18.3. The number of benzene rings is 3. The van der Waals surface area contributed by atoms with Gasteiger partial charge in [0.2, 0.25) is 0 Å². The van der Waals surface area contributed by atoms with Crippen LogP contribution in [0.15, 0.2) is 65.2 Å². The van der Waals surface area contributed by atoms with E-state index in [-0.39, 0.29) is 23.9 Å². The van der Waals surface area contributed by atoms with E-state index in [1.165, 1.54) is 12.7 Å². The van der Waals surface area contributed by atoms with Crippen LogP contribution in [0.4, 0.5) is 0 Å². The van der Waals surface area contributed by atoms with Gasteiger partial charge in [0, 0.05) is 21.9 Å². The van der Waals surface area contributed by atoms with Crippen LogP contribution in [0.2, 0.25) is 15.1 Å². The highest BCUT2D eigenvalue weighted by Gasteiger charge is 2.52. The highest BCUT2D eigenvalue weighted by atomic mass is 35.5. The lowest BCUT2D eigenvalue weighted by Crippen LogP contribution is -2.06. The molecule has 1 saturated carbocycles. The minimum absolute atomic E-state index is 0.0884. The molecule has 202 valence electrons. The van der Waals surface area contributed by atoms with E-state index in [0.29, 0.717) is 43.6 Å². The van der Waals surface area contributed by atoms with Crippen molar-refractivity contribution in [2.45, 2.75) is 51.0 Å². The molecule has 2 unspecified atom stereocenters. The molecular formula is C31H28Cl3NO4. The predicted octanol–water partition coefficient (Wildman–Crippen LogP) is 9.24. The number of esters is 1. The Morgan fingerprint density at radius 1 is 1.05 bits per heavy atom. The maximum atomic E-state index is 11.8. The molecule has 0 radical (unpaired) electrons. The maximum absolute atomic E-state index is 11.8. The second-order valence-corrected chi connectivity index (χ2v) is 11.6. The highest BCUT2D eigenvalue weighted by molar-refractivity contribution is 6.39. The Morgan fingerprint density at radius 2 is 1.74 bits per heavy atom. The molecule has 1 aliphatic carbocycles. The van der Waals surface area contributed by atoms with Crippen LogP contribution in [0, 0.1) is 0 Å². The van der Waals surface area contributed by atoms with Crippen LogP contribution < -0.4 is 4.74 Å². The highest BCUT2D eigenvalue weighted by Crippen LogP contribution is 2.61. The molecule has 0 saturated heterocycles. The second kappa shape index (κ2) is 10.9. The van der Waals surface area contributed by atoms with E-state index in [4.69, 9.17) is 48.8 Å². The zero-order chi connectivity index (χ0) is 27.9. The Kier molecular flexibility index (Phi) is 7.69. The van der Waals surface area contributed by atoms with Gasteiger partial charge in [0.1, 0.15) is 23.8 Å². The van der Waals surface area contributed by atoms with Crippen molar-refractivity contribution >= 4 is 40.8 Å². The van der Waals surface area contributed by atoms with Crippen LogP contribution in [0.5, 0.6) is 5.75 Å². The third-order valence-corrected chi connectivity index (χ3v) is 8.40. The molecule has 1 heterocycles. The fourth-order valence-electron chi connectivity index (χ4n) is 5.16. The number of carbonyl (C=O) groups is 1. The lowest BCUT2D eigenvalue weighted by Gasteiger charge is -2.16. The van der Waals surface area contributed by atoms with Crippen LogP contribution in [0.25, 0.3) is 11.3 Å². The molecule has 5 nitrogen and oxygen atoms in total. The smallest absolute Gasteiger partial charge is 0.337 e. The van der Waals surface area contributed by atoms with Crippen molar-refractivity contribution in [3.63, 3.8) is 0 Å². The van der Waals surface area contributed by atoms with Gasteiger partial charge in [0.25, 0.3) is 0 Å². The molecule has 8 heteroatoms. The van der Waals surface area contributed by atoms with E-state index in [1.807, 2.05) is 44.2 Å². The van der Waals surface area contributed by atoms with Crippen molar-refractivity contribution in [2.24, 2.45) is 0 Å². The first-order valence-electron chi connectivity index (χ1n) is 12.7. The number of methoxy groups -OCH3 is 1. The van der Waals surface area contributed by atoms with E-state index in [0.717, 1.165) is 23.3 Å². The summed E-state index contributed by atoms with van der Waals surface area (Å²) in [6.07, 6.45) is 0.963. The van der Waals surface area contributed by atoms with Gasteiger partial charge in [0.05, 0.1) is 28.3 Å². The van der Waals surface area contributed by atoms with Gasteiger partial charge < -0.3 is 14.0 Å². The molecule has 0 bridgehead atoms. The second-order valence-electron chi connectivity index (χ2n) is 10.3. The lowest BCUT2D eigenvalue weighted by atomic mass is 9.92. The van der Waals surface area contributed by atoms with Gasteiger partial charge in [-0.25, -0.2) is 4.79 Å². The molecule has 0 amide bonds. The summed E-state index contributed by atoms with van der Waals surface area (Å²) in [6, 6.07) is 18.7. The Hall–Kier alpha value is -2.99. The molecule has 3 aromatic carbocycles. The molecule has 1 fully saturated rings. The number of halogens is 3. The molecule has 2 atom stereocenters. The van der Waals surface area contributed by atoms with Crippen LogP contribution in [-0.4, -0.2) is 18.2 Å². The minimum Gasteiger partial charge on any atom is -0.489 e. The van der Waals surface area contributed by atoms with Crippen molar-refractivity contribution in [1.82, 2.24) is 5.16 Å². The van der Waals surface area contributed by atoms with Crippen molar-refractivity contribution in [1.29, 1.82) is 0 Å². The quantitative estimate of drug-likeness (QED) is 0.193. The first kappa shape index (κ1) is 27.6. The Bertz CT molecular complexity index is 1510. The Labute approximate surface area is 243 Å². The lowest BCUT2D eigenvalue weighted by molar-refractivity contribution is 0.0600. The van der Waals surface area contributed by atoms with Crippen molar-refractivity contribution in [3.05, 3.63) is 104 Å². The number of nitrogens with zero attached hydrogens (tertiary/aromatic N) is 1. The zero-order valence-corrected chi connectivity index (χ0v) is 24.3. The standard InChI is InChI=1S/C31H28Cl3NO4/c1-17(2)29-21(28(35-39-29)27-24(32)6-5-7-25(27)33)16-38-20-12-13-22(26(34)14-20)31(3)15-23(31)18-8-10-19(11-9-18)30(36)37-4/h5-14,17,23H,15-16H2,1-4H3. The summed E-state index contributed by atoms with van der Waals surface area (Å²) in [7, 11) is 1.38. The van der Waals surface area contributed by atoms with Gasteiger partial charge in [-0.15, -0.1) is 0 Å².